The Labute approximate surface area is 268 Å². The molecule has 0 unspecified atom stereocenters. The van der Waals surface area contributed by atoms with Crippen molar-refractivity contribution in [2.24, 2.45) is 0 Å². The smallest absolute Gasteiger partial charge is 0.133 e. The summed E-state index contributed by atoms with van der Waals surface area (Å²) in [6.45, 7) is 7.63. The van der Waals surface area contributed by atoms with E-state index in [1.54, 1.807) is 0 Å². The molecule has 0 saturated carbocycles. The van der Waals surface area contributed by atoms with Crippen LogP contribution in [-0.2, 0) is 0 Å². The normalized spacial score (nSPS) is 10.3. The van der Waals surface area contributed by atoms with Crippen molar-refractivity contribution < 1.29 is 9.47 Å². The molecule has 0 spiro atoms. The zero-order valence-electron chi connectivity index (χ0n) is 26.7. The minimum Gasteiger partial charge on any atom is -0.494 e. The highest BCUT2D eigenvalue weighted by Crippen LogP contribution is 2.38. The Hall–Kier alpha value is -5.06. The van der Waals surface area contributed by atoms with Gasteiger partial charge in [-0.2, -0.15) is 10.5 Å². The summed E-state index contributed by atoms with van der Waals surface area (Å²) in [5.41, 5.74) is 8.07. The molecule has 0 heterocycles. The molecule has 0 bridgehead atoms. The molecule has 0 radical (unpaired) electrons. The van der Waals surface area contributed by atoms with Crippen molar-refractivity contribution in [3.05, 3.63) is 137 Å². The highest BCUT2D eigenvalue weighted by molar-refractivity contribution is 6.04. The fourth-order valence-electron chi connectivity index (χ4n) is 5.26. The van der Waals surface area contributed by atoms with Gasteiger partial charge in [0.2, 0.25) is 0 Å². The van der Waals surface area contributed by atoms with Gasteiger partial charge in [-0.15, -0.1) is 0 Å². The lowest BCUT2D eigenvalue weighted by Crippen LogP contribution is -2.00. The number of allylic oxidation sites excluding steroid dienone is 2. The number of hydrogen-bond donors (Lipinski definition) is 0. The Kier molecular flexibility index (Phi) is 12.6. The second kappa shape index (κ2) is 17.3. The van der Waals surface area contributed by atoms with Crippen molar-refractivity contribution >= 4 is 16.7 Å². The Balaban J connectivity index is 1.85. The Morgan fingerprint density at radius 1 is 0.511 bits per heavy atom. The molecule has 4 heteroatoms. The summed E-state index contributed by atoms with van der Waals surface area (Å²) in [5.74, 6) is 1.73. The van der Waals surface area contributed by atoms with Crippen LogP contribution in [0.2, 0.25) is 0 Å². The van der Waals surface area contributed by atoms with E-state index in [1.807, 2.05) is 37.3 Å². The van der Waals surface area contributed by atoms with Crippen molar-refractivity contribution in [3.8, 4) is 23.6 Å². The number of nitriles is 2. The quantitative estimate of drug-likeness (QED) is 0.0780. The molecular formula is C41H42N2O2. The minimum atomic E-state index is 0.122. The maximum Gasteiger partial charge on any atom is 0.133 e. The van der Waals surface area contributed by atoms with Crippen LogP contribution < -0.4 is 9.47 Å². The SMILES string of the molecule is CCCCCOc1ccc(C(=C(c2ccccc2)c2ccc(C(C)=C(C#N)C#N)cc2)c2ccc(OCCCCC)cc2)cc1. The van der Waals surface area contributed by atoms with E-state index in [9.17, 15) is 10.5 Å². The van der Waals surface area contributed by atoms with E-state index in [-0.39, 0.29) is 5.57 Å². The molecule has 0 aromatic heterocycles. The van der Waals surface area contributed by atoms with Gasteiger partial charge in [-0.05, 0) is 88.6 Å². The van der Waals surface area contributed by atoms with Crippen LogP contribution in [0.5, 0.6) is 11.5 Å². The predicted molar refractivity (Wildman–Crippen MR) is 185 cm³/mol. The standard InChI is InChI=1S/C41H42N2O2/c1-4-6-11-27-44-38-23-19-35(20-24-38)41(36-21-25-39(26-22-36)45-28-12-7-5-2)40(33-13-9-8-10-14-33)34-17-15-32(16-18-34)31(3)37(29-42)30-43/h8-10,13-26H,4-7,11-12,27-28H2,1-3H3. The van der Waals surface area contributed by atoms with Gasteiger partial charge in [0.25, 0.3) is 0 Å². The van der Waals surface area contributed by atoms with E-state index < -0.39 is 0 Å². The summed E-state index contributed by atoms with van der Waals surface area (Å²) < 4.78 is 12.1. The van der Waals surface area contributed by atoms with Gasteiger partial charge in [-0.1, -0.05) is 118 Å². The van der Waals surface area contributed by atoms with Crippen LogP contribution in [0.3, 0.4) is 0 Å². The molecule has 45 heavy (non-hydrogen) atoms. The van der Waals surface area contributed by atoms with Crippen LogP contribution in [0.1, 0.15) is 87.1 Å². The molecule has 4 nitrogen and oxygen atoms in total. The molecule has 4 rings (SSSR count). The second-order valence-corrected chi connectivity index (χ2v) is 11.1. The molecular weight excluding hydrogens is 552 g/mol. The molecule has 0 aliphatic carbocycles. The number of unbranched alkanes of at least 4 members (excludes halogenated alkanes) is 4. The topological polar surface area (TPSA) is 66.0 Å². The Bertz CT molecular complexity index is 1580. The van der Waals surface area contributed by atoms with Crippen molar-refractivity contribution in [2.45, 2.75) is 59.3 Å². The molecule has 0 amide bonds. The van der Waals surface area contributed by atoms with Crippen molar-refractivity contribution in [1.29, 1.82) is 10.5 Å². The van der Waals surface area contributed by atoms with Gasteiger partial charge in [0.1, 0.15) is 29.2 Å². The van der Waals surface area contributed by atoms with Gasteiger partial charge in [0.15, 0.2) is 0 Å². The Morgan fingerprint density at radius 2 is 0.889 bits per heavy atom. The van der Waals surface area contributed by atoms with Crippen molar-refractivity contribution in [2.75, 3.05) is 13.2 Å². The first-order valence-corrected chi connectivity index (χ1v) is 16.0. The molecule has 0 N–H and O–H groups in total. The maximum absolute atomic E-state index is 9.40. The minimum absolute atomic E-state index is 0.122. The van der Waals surface area contributed by atoms with E-state index >= 15 is 0 Å². The van der Waals surface area contributed by atoms with E-state index in [2.05, 4.69) is 98.8 Å². The average molecular weight is 595 g/mol. The maximum atomic E-state index is 9.40. The zero-order valence-corrected chi connectivity index (χ0v) is 26.7. The third-order valence-electron chi connectivity index (χ3n) is 7.84. The van der Waals surface area contributed by atoms with E-state index in [0.717, 1.165) is 89.0 Å². The first-order chi connectivity index (χ1) is 22.1. The monoisotopic (exact) mass is 594 g/mol. The molecule has 0 fully saturated rings. The van der Waals surface area contributed by atoms with Crippen molar-refractivity contribution in [3.63, 3.8) is 0 Å². The van der Waals surface area contributed by atoms with E-state index in [0.29, 0.717) is 18.8 Å². The van der Waals surface area contributed by atoms with Crippen LogP contribution in [-0.4, -0.2) is 13.2 Å². The summed E-state index contributed by atoms with van der Waals surface area (Å²) in [5, 5.41) is 18.8. The number of benzene rings is 4. The van der Waals surface area contributed by atoms with Crippen molar-refractivity contribution in [1.82, 2.24) is 0 Å². The number of ether oxygens (including phenoxy) is 2. The zero-order chi connectivity index (χ0) is 31.9. The molecule has 0 atom stereocenters. The highest BCUT2D eigenvalue weighted by Gasteiger charge is 2.17. The van der Waals surface area contributed by atoms with Gasteiger partial charge in [0, 0.05) is 0 Å². The van der Waals surface area contributed by atoms with Crippen LogP contribution >= 0.6 is 0 Å². The van der Waals surface area contributed by atoms with Gasteiger partial charge < -0.3 is 9.47 Å². The number of rotatable bonds is 15. The van der Waals surface area contributed by atoms with Gasteiger partial charge in [0.05, 0.1) is 13.2 Å². The Morgan fingerprint density at radius 3 is 1.29 bits per heavy atom. The largest absolute Gasteiger partial charge is 0.494 e. The molecule has 0 aliphatic rings. The number of hydrogen-bond acceptors (Lipinski definition) is 4. The van der Waals surface area contributed by atoms with Crippen LogP contribution in [0.15, 0.2) is 109 Å². The lowest BCUT2D eigenvalue weighted by Gasteiger charge is -2.19. The third-order valence-corrected chi connectivity index (χ3v) is 7.84. The molecule has 0 saturated heterocycles. The predicted octanol–water partition coefficient (Wildman–Crippen LogP) is 10.7. The van der Waals surface area contributed by atoms with Gasteiger partial charge in [-0.3, -0.25) is 0 Å². The molecule has 0 aliphatic heterocycles. The summed E-state index contributed by atoms with van der Waals surface area (Å²) in [6, 6.07) is 39.3. The van der Waals surface area contributed by atoms with Crippen LogP contribution in [0.25, 0.3) is 16.7 Å². The average Bonchev–Trinajstić information content (AvgIpc) is 3.09. The summed E-state index contributed by atoms with van der Waals surface area (Å²) in [7, 11) is 0. The van der Waals surface area contributed by atoms with Gasteiger partial charge >= 0.3 is 0 Å². The molecule has 228 valence electrons. The van der Waals surface area contributed by atoms with E-state index in [4.69, 9.17) is 9.47 Å². The molecule has 4 aromatic carbocycles. The lowest BCUT2D eigenvalue weighted by atomic mass is 9.85. The lowest BCUT2D eigenvalue weighted by molar-refractivity contribution is 0.306. The van der Waals surface area contributed by atoms with Gasteiger partial charge in [-0.25, -0.2) is 0 Å². The van der Waals surface area contributed by atoms with Crippen LogP contribution in [0.4, 0.5) is 0 Å². The summed E-state index contributed by atoms with van der Waals surface area (Å²) in [4.78, 5) is 0. The van der Waals surface area contributed by atoms with Crippen LogP contribution in [0, 0.1) is 22.7 Å². The first-order valence-electron chi connectivity index (χ1n) is 16.0. The fraction of sp³-hybridized carbons (Fsp3) is 0.268. The summed E-state index contributed by atoms with van der Waals surface area (Å²) >= 11 is 0. The first kappa shape index (κ1) is 32.8. The summed E-state index contributed by atoms with van der Waals surface area (Å²) in [6.07, 6.45) is 6.73. The number of nitrogens with zero attached hydrogens (tertiary/aromatic N) is 2. The second-order valence-electron chi connectivity index (χ2n) is 11.1. The highest BCUT2D eigenvalue weighted by atomic mass is 16.5. The van der Waals surface area contributed by atoms with E-state index in [1.165, 1.54) is 0 Å². The third kappa shape index (κ3) is 8.98. The molecule has 4 aromatic rings. The fourth-order valence-corrected chi connectivity index (χ4v) is 5.26.